The van der Waals surface area contributed by atoms with Gasteiger partial charge in [0.2, 0.25) is 0 Å². The fourth-order valence-corrected chi connectivity index (χ4v) is 2.62. The summed E-state index contributed by atoms with van der Waals surface area (Å²) in [6.45, 7) is 3.21. The molecule has 0 atom stereocenters. The lowest BCUT2D eigenvalue weighted by Crippen LogP contribution is -2.40. The molecule has 0 amide bonds. The van der Waals surface area contributed by atoms with Gasteiger partial charge in [0.25, 0.3) is 0 Å². The normalized spacial score (nSPS) is 20.4. The van der Waals surface area contributed by atoms with Gasteiger partial charge in [-0.15, -0.1) is 0 Å². The predicted molar refractivity (Wildman–Crippen MR) is 59.2 cm³/mol. The van der Waals surface area contributed by atoms with E-state index in [2.05, 4.69) is 0 Å². The quantitative estimate of drug-likeness (QED) is 0.775. The number of carboxylic acid groups (broad SMARTS) is 2. The van der Waals surface area contributed by atoms with Gasteiger partial charge >= 0.3 is 11.9 Å². The van der Waals surface area contributed by atoms with Crippen LogP contribution in [0.3, 0.4) is 0 Å². The average molecular weight is 228 g/mol. The van der Waals surface area contributed by atoms with Gasteiger partial charge in [-0.25, -0.2) is 0 Å². The van der Waals surface area contributed by atoms with Crippen molar-refractivity contribution in [2.75, 3.05) is 0 Å². The molecule has 0 unspecified atom stereocenters. The highest BCUT2D eigenvalue weighted by Gasteiger charge is 2.45. The second-order valence-corrected chi connectivity index (χ2v) is 5.51. The van der Waals surface area contributed by atoms with E-state index in [-0.39, 0.29) is 6.42 Å². The molecule has 1 rings (SSSR count). The molecule has 16 heavy (non-hydrogen) atoms. The van der Waals surface area contributed by atoms with E-state index in [0.717, 1.165) is 19.3 Å². The third kappa shape index (κ3) is 2.54. The maximum atomic E-state index is 11.4. The third-order valence-electron chi connectivity index (χ3n) is 3.62. The summed E-state index contributed by atoms with van der Waals surface area (Å²) < 4.78 is 0. The van der Waals surface area contributed by atoms with Gasteiger partial charge in [0.05, 0.1) is 10.8 Å². The zero-order chi connectivity index (χ0) is 12.4. The van der Waals surface area contributed by atoms with E-state index < -0.39 is 22.8 Å². The molecule has 92 valence electrons. The monoisotopic (exact) mass is 228 g/mol. The first-order chi connectivity index (χ1) is 7.30. The first kappa shape index (κ1) is 13.0. The molecule has 4 heteroatoms. The van der Waals surface area contributed by atoms with Crippen molar-refractivity contribution in [3.8, 4) is 0 Å². The summed E-state index contributed by atoms with van der Waals surface area (Å²) in [6.07, 6.45) is 4.29. The van der Waals surface area contributed by atoms with Crippen LogP contribution in [0.25, 0.3) is 0 Å². The first-order valence-corrected chi connectivity index (χ1v) is 5.77. The third-order valence-corrected chi connectivity index (χ3v) is 3.62. The second-order valence-electron chi connectivity index (χ2n) is 5.51. The summed E-state index contributed by atoms with van der Waals surface area (Å²) in [5.41, 5.74) is -1.78. The Kier molecular flexibility index (Phi) is 3.61. The van der Waals surface area contributed by atoms with E-state index in [1.807, 2.05) is 0 Å². The lowest BCUT2D eigenvalue weighted by Gasteiger charge is -2.37. The van der Waals surface area contributed by atoms with Crippen LogP contribution in [0.15, 0.2) is 0 Å². The van der Waals surface area contributed by atoms with Crippen molar-refractivity contribution in [1.82, 2.24) is 0 Å². The smallest absolute Gasteiger partial charge is 0.309 e. The van der Waals surface area contributed by atoms with Crippen LogP contribution < -0.4 is 0 Å². The van der Waals surface area contributed by atoms with E-state index in [9.17, 15) is 14.7 Å². The molecule has 0 aromatic heterocycles. The van der Waals surface area contributed by atoms with Gasteiger partial charge in [0.1, 0.15) is 0 Å². The van der Waals surface area contributed by atoms with E-state index in [1.54, 1.807) is 13.8 Å². The minimum Gasteiger partial charge on any atom is -0.481 e. The highest BCUT2D eigenvalue weighted by Crippen LogP contribution is 2.45. The van der Waals surface area contributed by atoms with Gasteiger partial charge in [-0.05, 0) is 33.1 Å². The predicted octanol–water partition coefficient (Wildman–Crippen LogP) is 2.52. The molecule has 0 saturated heterocycles. The van der Waals surface area contributed by atoms with Crippen molar-refractivity contribution in [1.29, 1.82) is 0 Å². The molecular formula is C12H20O4. The molecular weight excluding hydrogens is 208 g/mol. The van der Waals surface area contributed by atoms with Gasteiger partial charge in [-0.3, -0.25) is 9.59 Å². The van der Waals surface area contributed by atoms with Crippen molar-refractivity contribution in [3.63, 3.8) is 0 Å². The zero-order valence-corrected chi connectivity index (χ0v) is 9.95. The Morgan fingerprint density at radius 2 is 1.62 bits per heavy atom. The molecule has 0 aliphatic heterocycles. The second kappa shape index (κ2) is 4.44. The van der Waals surface area contributed by atoms with Crippen LogP contribution in [0, 0.1) is 10.8 Å². The molecule has 0 bridgehead atoms. The molecule has 2 N–H and O–H groups in total. The fourth-order valence-electron chi connectivity index (χ4n) is 2.62. The van der Waals surface area contributed by atoms with Crippen LogP contribution in [0.4, 0.5) is 0 Å². The molecule has 0 heterocycles. The van der Waals surface area contributed by atoms with Crippen LogP contribution >= 0.6 is 0 Å². The van der Waals surface area contributed by atoms with Crippen LogP contribution in [-0.4, -0.2) is 22.2 Å². The van der Waals surface area contributed by atoms with Gasteiger partial charge in [-0.2, -0.15) is 0 Å². The van der Waals surface area contributed by atoms with Gasteiger partial charge in [0, 0.05) is 0 Å². The molecule has 0 aromatic rings. The zero-order valence-electron chi connectivity index (χ0n) is 9.95. The van der Waals surface area contributed by atoms with Crippen LogP contribution in [0.2, 0.25) is 0 Å². The molecule has 1 saturated carbocycles. The molecule has 4 nitrogen and oxygen atoms in total. The largest absolute Gasteiger partial charge is 0.481 e. The van der Waals surface area contributed by atoms with E-state index in [4.69, 9.17) is 5.11 Å². The molecule has 1 fully saturated rings. The number of rotatable bonds is 4. The standard InChI is InChI=1S/C12H20O4/c1-11(2,9(13)14)8-12(10(15)16)6-4-3-5-7-12/h3-8H2,1-2H3,(H,13,14)(H,15,16). The Morgan fingerprint density at radius 3 is 2.00 bits per heavy atom. The topological polar surface area (TPSA) is 74.6 Å². The Balaban J connectivity index is 2.87. The lowest BCUT2D eigenvalue weighted by molar-refractivity contribution is -0.158. The van der Waals surface area contributed by atoms with E-state index in [1.165, 1.54) is 0 Å². The Labute approximate surface area is 95.7 Å². The van der Waals surface area contributed by atoms with Crippen LogP contribution in [-0.2, 0) is 9.59 Å². The molecule has 0 spiro atoms. The van der Waals surface area contributed by atoms with Crippen molar-refractivity contribution in [2.24, 2.45) is 10.8 Å². The van der Waals surface area contributed by atoms with E-state index >= 15 is 0 Å². The summed E-state index contributed by atoms with van der Waals surface area (Å²) in [4.78, 5) is 22.5. The number of carboxylic acids is 2. The average Bonchev–Trinajstić information content (AvgIpc) is 2.18. The highest BCUT2D eigenvalue weighted by atomic mass is 16.4. The highest BCUT2D eigenvalue weighted by molar-refractivity contribution is 5.78. The summed E-state index contributed by atoms with van der Waals surface area (Å²) in [5.74, 6) is -1.75. The first-order valence-electron chi connectivity index (χ1n) is 5.77. The summed E-state index contributed by atoms with van der Waals surface area (Å²) in [5, 5.41) is 18.4. The molecule has 1 aliphatic carbocycles. The summed E-state index contributed by atoms with van der Waals surface area (Å²) in [6, 6.07) is 0. The molecule has 0 aromatic carbocycles. The van der Waals surface area contributed by atoms with Crippen molar-refractivity contribution in [2.45, 2.75) is 52.4 Å². The van der Waals surface area contributed by atoms with Crippen molar-refractivity contribution < 1.29 is 19.8 Å². The minimum atomic E-state index is -0.963. The van der Waals surface area contributed by atoms with Gasteiger partial charge < -0.3 is 10.2 Å². The van der Waals surface area contributed by atoms with Crippen molar-refractivity contribution in [3.05, 3.63) is 0 Å². The maximum absolute atomic E-state index is 11.4. The fraction of sp³-hybridized carbons (Fsp3) is 0.833. The summed E-state index contributed by atoms with van der Waals surface area (Å²) >= 11 is 0. The number of carbonyl (C=O) groups is 2. The Hall–Kier alpha value is -1.06. The van der Waals surface area contributed by atoms with E-state index in [0.29, 0.717) is 12.8 Å². The Morgan fingerprint density at radius 1 is 1.12 bits per heavy atom. The van der Waals surface area contributed by atoms with Crippen LogP contribution in [0.5, 0.6) is 0 Å². The van der Waals surface area contributed by atoms with Gasteiger partial charge in [0.15, 0.2) is 0 Å². The number of hydrogen-bond acceptors (Lipinski definition) is 2. The molecule has 1 aliphatic rings. The lowest BCUT2D eigenvalue weighted by atomic mass is 9.65. The Bertz CT molecular complexity index is 287. The van der Waals surface area contributed by atoms with Crippen molar-refractivity contribution >= 4 is 11.9 Å². The minimum absolute atomic E-state index is 0.227. The van der Waals surface area contributed by atoms with Gasteiger partial charge in [-0.1, -0.05) is 19.3 Å². The number of hydrogen-bond donors (Lipinski definition) is 2. The maximum Gasteiger partial charge on any atom is 0.309 e. The SMILES string of the molecule is CC(C)(CC1(C(=O)O)CCCCC1)C(=O)O. The van der Waals surface area contributed by atoms with Crippen LogP contribution in [0.1, 0.15) is 52.4 Å². The molecule has 0 radical (unpaired) electrons. The number of aliphatic carboxylic acids is 2. The summed E-state index contributed by atoms with van der Waals surface area (Å²) in [7, 11) is 0.